The van der Waals surface area contributed by atoms with Gasteiger partial charge in [0.1, 0.15) is 0 Å². The van der Waals surface area contributed by atoms with E-state index in [1.807, 2.05) is 0 Å². The van der Waals surface area contributed by atoms with Crippen molar-refractivity contribution >= 4 is 0 Å². The highest BCUT2D eigenvalue weighted by Crippen LogP contribution is 2.38. The van der Waals surface area contributed by atoms with E-state index in [0.717, 1.165) is 32.3 Å². The predicted molar refractivity (Wildman–Crippen MR) is 89.7 cm³/mol. The van der Waals surface area contributed by atoms with Gasteiger partial charge in [-0.3, -0.25) is 0 Å². The Morgan fingerprint density at radius 1 is 1.19 bits per heavy atom. The molecule has 1 aliphatic carbocycles. The Morgan fingerprint density at radius 2 is 1.90 bits per heavy atom. The van der Waals surface area contributed by atoms with Gasteiger partial charge < -0.3 is 15.0 Å². The molecule has 1 aliphatic heterocycles. The first-order chi connectivity index (χ1) is 9.96. The average Bonchev–Trinajstić information content (AvgIpc) is 2.87. The van der Waals surface area contributed by atoms with E-state index >= 15 is 0 Å². The second kappa shape index (κ2) is 7.43. The van der Waals surface area contributed by atoms with Crippen LogP contribution in [0.4, 0.5) is 0 Å². The Morgan fingerprint density at radius 3 is 2.48 bits per heavy atom. The van der Waals surface area contributed by atoms with Gasteiger partial charge in [0, 0.05) is 31.2 Å². The predicted octanol–water partition coefficient (Wildman–Crippen LogP) is 3.29. The molecule has 0 spiro atoms. The SMILES string of the molecule is CCCNCC1(CN(C)C2CCC(C)(C)CC2)CCOC1. The maximum Gasteiger partial charge on any atom is 0.0547 e. The monoisotopic (exact) mass is 296 g/mol. The summed E-state index contributed by atoms with van der Waals surface area (Å²) in [7, 11) is 2.34. The highest BCUT2D eigenvalue weighted by molar-refractivity contribution is 4.91. The summed E-state index contributed by atoms with van der Waals surface area (Å²) in [5, 5.41) is 3.63. The molecule has 1 N–H and O–H groups in total. The van der Waals surface area contributed by atoms with Crippen LogP contribution in [0.1, 0.15) is 59.3 Å². The van der Waals surface area contributed by atoms with E-state index in [1.165, 1.54) is 45.1 Å². The molecule has 1 heterocycles. The van der Waals surface area contributed by atoms with Gasteiger partial charge in [-0.15, -0.1) is 0 Å². The van der Waals surface area contributed by atoms with Crippen molar-refractivity contribution in [1.82, 2.24) is 10.2 Å². The van der Waals surface area contributed by atoms with Crippen LogP contribution in [-0.2, 0) is 4.74 Å². The molecule has 0 bridgehead atoms. The lowest BCUT2D eigenvalue weighted by Gasteiger charge is -2.42. The van der Waals surface area contributed by atoms with Crippen molar-refractivity contribution in [2.45, 2.75) is 65.3 Å². The molecule has 3 nitrogen and oxygen atoms in total. The number of nitrogens with one attached hydrogen (secondary N) is 1. The van der Waals surface area contributed by atoms with Crippen molar-refractivity contribution in [2.75, 3.05) is 39.9 Å². The Hall–Kier alpha value is -0.120. The highest BCUT2D eigenvalue weighted by atomic mass is 16.5. The molecule has 3 heteroatoms. The van der Waals surface area contributed by atoms with Crippen LogP contribution in [0.5, 0.6) is 0 Å². The fourth-order valence-corrected chi connectivity index (χ4v) is 3.98. The van der Waals surface area contributed by atoms with Gasteiger partial charge in [-0.2, -0.15) is 0 Å². The van der Waals surface area contributed by atoms with E-state index in [9.17, 15) is 0 Å². The lowest BCUT2D eigenvalue weighted by molar-refractivity contribution is 0.0709. The lowest BCUT2D eigenvalue weighted by atomic mass is 9.75. The Bertz CT molecular complexity index is 300. The van der Waals surface area contributed by atoms with Crippen molar-refractivity contribution in [1.29, 1.82) is 0 Å². The van der Waals surface area contributed by atoms with E-state index in [2.05, 4.69) is 38.0 Å². The lowest BCUT2D eigenvalue weighted by Crippen LogP contribution is -2.48. The molecule has 2 fully saturated rings. The minimum absolute atomic E-state index is 0.344. The molecule has 1 unspecified atom stereocenters. The van der Waals surface area contributed by atoms with E-state index in [-0.39, 0.29) is 0 Å². The summed E-state index contributed by atoms with van der Waals surface area (Å²) in [4.78, 5) is 2.64. The molecule has 1 atom stereocenters. The van der Waals surface area contributed by atoms with Gasteiger partial charge in [0.15, 0.2) is 0 Å². The topological polar surface area (TPSA) is 24.5 Å². The molecule has 124 valence electrons. The third-order valence-electron chi connectivity index (χ3n) is 5.63. The third-order valence-corrected chi connectivity index (χ3v) is 5.63. The zero-order valence-corrected chi connectivity index (χ0v) is 14.7. The highest BCUT2D eigenvalue weighted by Gasteiger charge is 2.38. The van der Waals surface area contributed by atoms with Crippen LogP contribution in [0, 0.1) is 10.8 Å². The number of nitrogens with zero attached hydrogens (tertiary/aromatic N) is 1. The first-order valence-electron chi connectivity index (χ1n) is 8.95. The molecule has 0 aromatic rings. The summed E-state index contributed by atoms with van der Waals surface area (Å²) in [5.41, 5.74) is 0.908. The average molecular weight is 296 g/mol. The smallest absolute Gasteiger partial charge is 0.0547 e. The molecule has 1 saturated carbocycles. The van der Waals surface area contributed by atoms with Crippen LogP contribution in [0.3, 0.4) is 0 Å². The van der Waals surface area contributed by atoms with Gasteiger partial charge in [-0.1, -0.05) is 20.8 Å². The second-order valence-corrected chi connectivity index (χ2v) is 8.29. The molecular formula is C18H36N2O. The number of rotatable bonds is 7. The third kappa shape index (κ3) is 4.94. The van der Waals surface area contributed by atoms with Crippen LogP contribution < -0.4 is 5.32 Å². The fraction of sp³-hybridized carbons (Fsp3) is 1.00. The van der Waals surface area contributed by atoms with Gasteiger partial charge in [0.25, 0.3) is 0 Å². The van der Waals surface area contributed by atoms with E-state index in [4.69, 9.17) is 4.74 Å². The van der Waals surface area contributed by atoms with Crippen LogP contribution in [-0.4, -0.2) is 50.8 Å². The van der Waals surface area contributed by atoms with Gasteiger partial charge in [0.05, 0.1) is 6.61 Å². The van der Waals surface area contributed by atoms with Gasteiger partial charge >= 0.3 is 0 Å². The number of ether oxygens (including phenoxy) is 1. The molecule has 1 saturated heterocycles. The molecular weight excluding hydrogens is 260 g/mol. The quantitative estimate of drug-likeness (QED) is 0.730. The van der Waals surface area contributed by atoms with Gasteiger partial charge in [0.2, 0.25) is 0 Å². The first kappa shape index (κ1) is 17.2. The molecule has 2 aliphatic rings. The number of hydrogen-bond acceptors (Lipinski definition) is 3. The molecule has 2 rings (SSSR count). The van der Waals surface area contributed by atoms with Crippen molar-refractivity contribution in [3.63, 3.8) is 0 Å². The zero-order chi connectivity index (χ0) is 15.3. The van der Waals surface area contributed by atoms with E-state index in [1.54, 1.807) is 0 Å². The number of hydrogen-bond donors (Lipinski definition) is 1. The minimum atomic E-state index is 0.344. The van der Waals surface area contributed by atoms with Gasteiger partial charge in [-0.25, -0.2) is 0 Å². The fourth-order valence-electron chi connectivity index (χ4n) is 3.98. The zero-order valence-electron chi connectivity index (χ0n) is 14.7. The van der Waals surface area contributed by atoms with Crippen molar-refractivity contribution in [3.05, 3.63) is 0 Å². The van der Waals surface area contributed by atoms with Crippen molar-refractivity contribution in [2.24, 2.45) is 10.8 Å². The van der Waals surface area contributed by atoms with Crippen LogP contribution in [0.15, 0.2) is 0 Å². The maximum atomic E-state index is 5.75. The molecule has 0 amide bonds. The molecule has 0 aromatic heterocycles. The summed E-state index contributed by atoms with van der Waals surface area (Å²) >= 11 is 0. The van der Waals surface area contributed by atoms with Crippen LogP contribution >= 0.6 is 0 Å². The second-order valence-electron chi connectivity index (χ2n) is 8.29. The summed E-state index contributed by atoms with van der Waals surface area (Å²) in [5.74, 6) is 0. The molecule has 21 heavy (non-hydrogen) atoms. The Kier molecular flexibility index (Phi) is 6.10. The maximum absolute atomic E-state index is 5.75. The standard InChI is InChI=1S/C18H36N2O/c1-5-11-19-13-18(10-12-21-15-18)14-20(4)16-6-8-17(2,3)9-7-16/h16,19H,5-15H2,1-4H3. The van der Waals surface area contributed by atoms with Gasteiger partial charge in [-0.05, 0) is 57.5 Å². The summed E-state index contributed by atoms with van der Waals surface area (Å²) in [6, 6.07) is 0.779. The largest absolute Gasteiger partial charge is 0.381 e. The minimum Gasteiger partial charge on any atom is -0.381 e. The Labute approximate surface area is 131 Å². The molecule has 0 aromatic carbocycles. The van der Waals surface area contributed by atoms with E-state index < -0.39 is 0 Å². The summed E-state index contributed by atoms with van der Waals surface area (Å²) < 4.78 is 5.75. The van der Waals surface area contributed by atoms with Crippen molar-refractivity contribution < 1.29 is 4.74 Å². The first-order valence-corrected chi connectivity index (χ1v) is 8.95. The summed E-state index contributed by atoms with van der Waals surface area (Å²) in [6.45, 7) is 12.4. The normalized spacial score (nSPS) is 30.1. The van der Waals surface area contributed by atoms with Crippen LogP contribution in [0.2, 0.25) is 0 Å². The van der Waals surface area contributed by atoms with Crippen LogP contribution in [0.25, 0.3) is 0 Å². The van der Waals surface area contributed by atoms with E-state index in [0.29, 0.717) is 10.8 Å². The van der Waals surface area contributed by atoms with Crippen molar-refractivity contribution in [3.8, 4) is 0 Å². The summed E-state index contributed by atoms with van der Waals surface area (Å²) in [6.07, 6.45) is 7.90. The molecule has 0 radical (unpaired) electrons. The Balaban J connectivity index is 1.85.